The predicted octanol–water partition coefficient (Wildman–Crippen LogP) is 5.78. The van der Waals surface area contributed by atoms with Crippen LogP contribution in [0.1, 0.15) is 5.56 Å². The van der Waals surface area contributed by atoms with E-state index in [1.54, 1.807) is 12.1 Å². The molecule has 0 unspecified atom stereocenters. The zero-order valence-electron chi connectivity index (χ0n) is 10.9. The van der Waals surface area contributed by atoms with Gasteiger partial charge in [-0.15, -0.1) is 0 Å². The standard InChI is InChI=1S/C15H9BrCl2N2O/c1-8-4-2-3-5-9(8)12-13(17)19-15(20-14(12)18)10-6-7-11(16)21-10/h2-7H,1H3. The molecule has 0 saturated heterocycles. The Morgan fingerprint density at radius 1 is 1.00 bits per heavy atom. The fraction of sp³-hybridized carbons (Fsp3) is 0.0667. The molecule has 0 N–H and O–H groups in total. The quantitative estimate of drug-likeness (QED) is 0.526. The van der Waals surface area contributed by atoms with E-state index in [1.165, 1.54) is 0 Å². The van der Waals surface area contributed by atoms with Gasteiger partial charge >= 0.3 is 0 Å². The first-order valence-corrected chi connectivity index (χ1v) is 7.66. The summed E-state index contributed by atoms with van der Waals surface area (Å²) in [5.41, 5.74) is 2.60. The second-order valence-electron chi connectivity index (χ2n) is 4.42. The highest BCUT2D eigenvalue weighted by Gasteiger charge is 2.17. The zero-order chi connectivity index (χ0) is 15.0. The van der Waals surface area contributed by atoms with Gasteiger partial charge in [-0.1, -0.05) is 47.5 Å². The Labute approximate surface area is 140 Å². The Hall–Kier alpha value is -1.36. The molecule has 106 valence electrons. The highest BCUT2D eigenvalue weighted by Crippen LogP contribution is 2.36. The molecule has 6 heteroatoms. The van der Waals surface area contributed by atoms with Crippen molar-refractivity contribution < 1.29 is 4.42 Å². The molecule has 21 heavy (non-hydrogen) atoms. The first-order valence-electron chi connectivity index (χ1n) is 6.11. The van der Waals surface area contributed by atoms with E-state index in [0.29, 0.717) is 32.1 Å². The zero-order valence-corrected chi connectivity index (χ0v) is 14.0. The molecule has 0 fully saturated rings. The van der Waals surface area contributed by atoms with Crippen LogP contribution in [0.5, 0.6) is 0 Å². The second-order valence-corrected chi connectivity index (χ2v) is 5.92. The fourth-order valence-corrected chi connectivity index (χ4v) is 2.93. The van der Waals surface area contributed by atoms with E-state index in [9.17, 15) is 0 Å². The largest absolute Gasteiger partial charge is 0.446 e. The first kappa shape index (κ1) is 14.6. The van der Waals surface area contributed by atoms with Gasteiger partial charge in [0.1, 0.15) is 10.3 Å². The fourth-order valence-electron chi connectivity index (χ4n) is 2.03. The van der Waals surface area contributed by atoms with Crippen molar-refractivity contribution in [2.45, 2.75) is 6.92 Å². The summed E-state index contributed by atoms with van der Waals surface area (Å²) in [6.45, 7) is 1.99. The van der Waals surface area contributed by atoms with Crippen LogP contribution >= 0.6 is 39.1 Å². The Morgan fingerprint density at radius 2 is 1.67 bits per heavy atom. The number of halogens is 3. The Morgan fingerprint density at radius 3 is 2.24 bits per heavy atom. The lowest BCUT2D eigenvalue weighted by Gasteiger charge is -2.10. The van der Waals surface area contributed by atoms with E-state index in [0.717, 1.165) is 11.1 Å². The van der Waals surface area contributed by atoms with Crippen LogP contribution in [0.15, 0.2) is 45.5 Å². The van der Waals surface area contributed by atoms with Gasteiger partial charge in [0.2, 0.25) is 0 Å². The summed E-state index contributed by atoms with van der Waals surface area (Å²) in [7, 11) is 0. The van der Waals surface area contributed by atoms with Crippen LogP contribution in [0.25, 0.3) is 22.7 Å². The van der Waals surface area contributed by atoms with Gasteiger partial charge in [0.15, 0.2) is 16.3 Å². The maximum absolute atomic E-state index is 6.31. The number of benzene rings is 1. The monoisotopic (exact) mass is 382 g/mol. The molecule has 0 saturated carbocycles. The molecule has 0 atom stereocenters. The summed E-state index contributed by atoms with van der Waals surface area (Å²) in [6, 6.07) is 11.3. The summed E-state index contributed by atoms with van der Waals surface area (Å²) in [6.07, 6.45) is 0. The molecule has 0 radical (unpaired) electrons. The molecule has 2 heterocycles. The van der Waals surface area contributed by atoms with E-state index in [-0.39, 0.29) is 0 Å². The van der Waals surface area contributed by atoms with Crippen molar-refractivity contribution in [3.8, 4) is 22.7 Å². The summed E-state index contributed by atoms with van der Waals surface area (Å²) in [5, 5.41) is 0.596. The number of rotatable bonds is 2. The minimum Gasteiger partial charge on any atom is -0.446 e. The summed E-state index contributed by atoms with van der Waals surface area (Å²) in [4.78, 5) is 8.58. The lowest BCUT2D eigenvalue weighted by atomic mass is 10.0. The lowest BCUT2D eigenvalue weighted by molar-refractivity contribution is 0.551. The van der Waals surface area contributed by atoms with Crippen molar-refractivity contribution >= 4 is 39.1 Å². The first-order chi connectivity index (χ1) is 10.1. The van der Waals surface area contributed by atoms with Crippen molar-refractivity contribution in [3.05, 3.63) is 56.9 Å². The third kappa shape index (κ3) is 2.84. The van der Waals surface area contributed by atoms with Crippen molar-refractivity contribution in [1.29, 1.82) is 0 Å². The van der Waals surface area contributed by atoms with Crippen LogP contribution in [-0.2, 0) is 0 Å². The third-order valence-electron chi connectivity index (χ3n) is 3.03. The summed E-state index contributed by atoms with van der Waals surface area (Å²) >= 11 is 15.9. The Balaban J connectivity index is 2.15. The summed E-state index contributed by atoms with van der Waals surface area (Å²) in [5.74, 6) is 0.857. The predicted molar refractivity (Wildman–Crippen MR) is 87.6 cm³/mol. The van der Waals surface area contributed by atoms with Crippen LogP contribution in [0.4, 0.5) is 0 Å². The minimum absolute atomic E-state index is 0.298. The van der Waals surface area contributed by atoms with E-state index < -0.39 is 0 Å². The van der Waals surface area contributed by atoms with E-state index in [2.05, 4.69) is 25.9 Å². The van der Waals surface area contributed by atoms with Crippen LogP contribution in [0.2, 0.25) is 10.3 Å². The molecular formula is C15H9BrCl2N2O. The van der Waals surface area contributed by atoms with Crippen molar-refractivity contribution in [1.82, 2.24) is 9.97 Å². The SMILES string of the molecule is Cc1ccccc1-c1c(Cl)nc(-c2ccc(Br)o2)nc1Cl. The van der Waals surface area contributed by atoms with Gasteiger partial charge in [0.25, 0.3) is 0 Å². The molecule has 1 aromatic carbocycles. The van der Waals surface area contributed by atoms with Crippen LogP contribution in [0, 0.1) is 6.92 Å². The number of nitrogens with zero attached hydrogens (tertiary/aromatic N) is 2. The van der Waals surface area contributed by atoms with Crippen molar-refractivity contribution in [3.63, 3.8) is 0 Å². The lowest BCUT2D eigenvalue weighted by Crippen LogP contribution is -1.95. The van der Waals surface area contributed by atoms with Crippen molar-refractivity contribution in [2.24, 2.45) is 0 Å². The smallest absolute Gasteiger partial charge is 0.198 e. The maximum Gasteiger partial charge on any atom is 0.198 e. The van der Waals surface area contributed by atoms with E-state index in [1.807, 2.05) is 31.2 Å². The molecule has 3 rings (SSSR count). The number of hydrogen-bond donors (Lipinski definition) is 0. The van der Waals surface area contributed by atoms with Gasteiger partial charge in [0.05, 0.1) is 5.56 Å². The average Bonchev–Trinajstić information content (AvgIpc) is 2.87. The van der Waals surface area contributed by atoms with Crippen molar-refractivity contribution in [2.75, 3.05) is 0 Å². The van der Waals surface area contributed by atoms with Crippen LogP contribution in [0.3, 0.4) is 0 Å². The third-order valence-corrected chi connectivity index (χ3v) is 4.00. The second kappa shape index (κ2) is 5.79. The Bertz CT molecular complexity index is 794. The van der Waals surface area contributed by atoms with Gasteiger partial charge < -0.3 is 4.42 Å². The molecule has 3 aromatic rings. The molecule has 0 aliphatic carbocycles. The normalized spacial score (nSPS) is 10.9. The molecule has 0 amide bonds. The molecule has 2 aromatic heterocycles. The van der Waals surface area contributed by atoms with Gasteiger partial charge in [-0.3, -0.25) is 0 Å². The Kier molecular flexibility index (Phi) is 4.02. The van der Waals surface area contributed by atoms with Gasteiger partial charge in [-0.2, -0.15) is 0 Å². The summed E-state index contributed by atoms with van der Waals surface area (Å²) < 4.78 is 6.02. The average molecular weight is 384 g/mol. The van der Waals surface area contributed by atoms with Gasteiger partial charge in [-0.25, -0.2) is 9.97 Å². The van der Waals surface area contributed by atoms with Crippen LogP contribution < -0.4 is 0 Å². The topological polar surface area (TPSA) is 38.9 Å². The minimum atomic E-state index is 0.298. The highest BCUT2D eigenvalue weighted by molar-refractivity contribution is 9.10. The molecule has 3 nitrogen and oxygen atoms in total. The highest BCUT2D eigenvalue weighted by atomic mass is 79.9. The molecule has 0 bridgehead atoms. The number of aromatic nitrogens is 2. The van der Waals surface area contributed by atoms with E-state index in [4.69, 9.17) is 27.6 Å². The van der Waals surface area contributed by atoms with Gasteiger partial charge in [0, 0.05) is 0 Å². The number of hydrogen-bond acceptors (Lipinski definition) is 3. The molecule has 0 aliphatic rings. The molecule has 0 spiro atoms. The number of furan rings is 1. The number of aryl methyl sites for hydroxylation is 1. The molecule has 0 aliphatic heterocycles. The van der Waals surface area contributed by atoms with Gasteiger partial charge in [-0.05, 0) is 46.1 Å². The van der Waals surface area contributed by atoms with E-state index >= 15 is 0 Å². The van der Waals surface area contributed by atoms with Crippen LogP contribution in [-0.4, -0.2) is 9.97 Å². The molecular weight excluding hydrogens is 375 g/mol. The maximum atomic E-state index is 6.31.